The molecule has 2 rings (SSSR count). The lowest BCUT2D eigenvalue weighted by atomic mass is 9.91. The fourth-order valence-corrected chi connectivity index (χ4v) is 3.12. The van der Waals surface area contributed by atoms with Gasteiger partial charge in [-0.3, -0.25) is 4.90 Å². The van der Waals surface area contributed by atoms with Crippen molar-refractivity contribution in [2.24, 2.45) is 11.7 Å². The highest BCUT2D eigenvalue weighted by Gasteiger charge is 2.31. The average molecular weight is 262 g/mol. The molecule has 1 aliphatic heterocycles. The van der Waals surface area contributed by atoms with Crippen LogP contribution in [-0.4, -0.2) is 35.2 Å². The summed E-state index contributed by atoms with van der Waals surface area (Å²) in [7, 11) is 0. The molecule has 1 fully saturated rings. The fourth-order valence-electron chi connectivity index (χ4n) is 3.12. The topological polar surface area (TPSA) is 49.5 Å². The van der Waals surface area contributed by atoms with Gasteiger partial charge in [-0.25, -0.2) is 0 Å². The highest BCUT2D eigenvalue weighted by atomic mass is 16.3. The minimum Gasteiger partial charge on any atom is -0.393 e. The Bertz CT molecular complexity index is 419. The zero-order valence-corrected chi connectivity index (χ0v) is 12.2. The molecular weight excluding hydrogens is 236 g/mol. The molecule has 19 heavy (non-hydrogen) atoms. The summed E-state index contributed by atoms with van der Waals surface area (Å²) in [5.74, 6) is 0.319. The molecule has 4 atom stereocenters. The number of nitrogens with two attached hydrogens (primary N) is 1. The first-order valence-electron chi connectivity index (χ1n) is 7.23. The van der Waals surface area contributed by atoms with Crippen LogP contribution in [0.2, 0.25) is 0 Å². The van der Waals surface area contributed by atoms with Gasteiger partial charge in [-0.2, -0.15) is 0 Å². The summed E-state index contributed by atoms with van der Waals surface area (Å²) >= 11 is 0. The van der Waals surface area contributed by atoms with Crippen LogP contribution in [-0.2, 0) is 0 Å². The SMILES string of the molecule is Cc1cccc(C(C(C)N)N2CCC(O)C(C)C2)c1. The summed E-state index contributed by atoms with van der Waals surface area (Å²) in [6.45, 7) is 8.14. The van der Waals surface area contributed by atoms with Crippen molar-refractivity contribution in [3.8, 4) is 0 Å². The number of hydrogen-bond acceptors (Lipinski definition) is 3. The molecule has 0 aromatic heterocycles. The van der Waals surface area contributed by atoms with Crippen molar-refractivity contribution in [1.82, 2.24) is 4.90 Å². The standard InChI is InChI=1S/C16H26N2O/c1-11-5-4-6-14(9-11)16(13(3)17)18-8-7-15(19)12(2)10-18/h4-6,9,12-13,15-16,19H,7-8,10,17H2,1-3H3. The van der Waals surface area contributed by atoms with Crippen LogP contribution in [0.15, 0.2) is 24.3 Å². The number of rotatable bonds is 3. The van der Waals surface area contributed by atoms with Crippen molar-refractivity contribution < 1.29 is 5.11 Å². The van der Waals surface area contributed by atoms with Gasteiger partial charge in [0.05, 0.1) is 6.10 Å². The molecule has 1 aliphatic rings. The van der Waals surface area contributed by atoms with Crippen LogP contribution < -0.4 is 5.73 Å². The lowest BCUT2D eigenvalue weighted by Gasteiger charge is -2.41. The number of aliphatic hydroxyl groups excluding tert-OH is 1. The molecule has 4 unspecified atom stereocenters. The molecule has 3 heteroatoms. The molecule has 106 valence electrons. The highest BCUT2D eigenvalue weighted by molar-refractivity contribution is 5.26. The Labute approximate surface area is 116 Å². The second-order valence-corrected chi connectivity index (χ2v) is 6.05. The molecule has 0 amide bonds. The van der Waals surface area contributed by atoms with E-state index in [4.69, 9.17) is 5.73 Å². The van der Waals surface area contributed by atoms with E-state index in [1.165, 1.54) is 11.1 Å². The Balaban J connectivity index is 2.21. The van der Waals surface area contributed by atoms with Crippen LogP contribution in [0.1, 0.15) is 37.4 Å². The quantitative estimate of drug-likeness (QED) is 0.877. The highest BCUT2D eigenvalue weighted by Crippen LogP contribution is 2.29. The largest absolute Gasteiger partial charge is 0.393 e. The summed E-state index contributed by atoms with van der Waals surface area (Å²) in [5.41, 5.74) is 8.79. The van der Waals surface area contributed by atoms with Gasteiger partial charge in [-0.15, -0.1) is 0 Å². The number of aryl methyl sites for hydroxylation is 1. The maximum absolute atomic E-state index is 9.87. The first kappa shape index (κ1) is 14.5. The lowest BCUT2D eigenvalue weighted by molar-refractivity contribution is 0.0126. The minimum atomic E-state index is -0.164. The molecule has 0 radical (unpaired) electrons. The monoisotopic (exact) mass is 262 g/mol. The second-order valence-electron chi connectivity index (χ2n) is 6.05. The van der Waals surface area contributed by atoms with Crippen LogP contribution in [0, 0.1) is 12.8 Å². The number of nitrogens with zero attached hydrogens (tertiary/aromatic N) is 1. The maximum atomic E-state index is 9.87. The van der Waals surface area contributed by atoms with Crippen molar-refractivity contribution in [3.63, 3.8) is 0 Å². The summed E-state index contributed by atoms with van der Waals surface area (Å²) in [6.07, 6.45) is 0.679. The molecule has 0 spiro atoms. The van der Waals surface area contributed by atoms with Gasteiger partial charge < -0.3 is 10.8 Å². The van der Waals surface area contributed by atoms with Gasteiger partial charge in [0, 0.05) is 25.2 Å². The normalized spacial score (nSPS) is 28.1. The first-order chi connectivity index (χ1) is 8.99. The van der Waals surface area contributed by atoms with Crippen LogP contribution in [0.5, 0.6) is 0 Å². The molecule has 0 bridgehead atoms. The third-order valence-electron chi connectivity index (χ3n) is 4.17. The van der Waals surface area contributed by atoms with E-state index in [-0.39, 0.29) is 18.2 Å². The van der Waals surface area contributed by atoms with Crippen LogP contribution in [0.25, 0.3) is 0 Å². The molecule has 3 N–H and O–H groups in total. The van der Waals surface area contributed by atoms with E-state index in [1.807, 2.05) is 0 Å². The smallest absolute Gasteiger partial charge is 0.0590 e. The molecule has 1 aromatic carbocycles. The van der Waals surface area contributed by atoms with Gasteiger partial charge in [-0.05, 0) is 31.7 Å². The number of likely N-dealkylation sites (tertiary alicyclic amines) is 1. The zero-order valence-electron chi connectivity index (χ0n) is 12.2. The van der Waals surface area contributed by atoms with Crippen LogP contribution >= 0.6 is 0 Å². The van der Waals surface area contributed by atoms with Crippen molar-refractivity contribution in [1.29, 1.82) is 0 Å². The molecular formula is C16H26N2O. The Morgan fingerprint density at radius 2 is 2.16 bits per heavy atom. The van der Waals surface area contributed by atoms with Crippen molar-refractivity contribution in [2.75, 3.05) is 13.1 Å². The van der Waals surface area contributed by atoms with Gasteiger partial charge >= 0.3 is 0 Å². The van der Waals surface area contributed by atoms with E-state index in [9.17, 15) is 5.11 Å². The average Bonchev–Trinajstić information content (AvgIpc) is 2.33. The summed E-state index contributed by atoms with van der Waals surface area (Å²) in [6, 6.07) is 8.94. The Morgan fingerprint density at radius 3 is 2.74 bits per heavy atom. The van der Waals surface area contributed by atoms with E-state index in [2.05, 4.69) is 49.9 Å². The summed E-state index contributed by atoms with van der Waals surface area (Å²) in [5, 5.41) is 9.87. The predicted molar refractivity (Wildman–Crippen MR) is 78.9 cm³/mol. The van der Waals surface area contributed by atoms with Gasteiger partial charge in [0.2, 0.25) is 0 Å². The molecule has 1 saturated heterocycles. The fraction of sp³-hybridized carbons (Fsp3) is 0.625. The Kier molecular flexibility index (Phi) is 4.61. The van der Waals surface area contributed by atoms with Crippen LogP contribution in [0.4, 0.5) is 0 Å². The zero-order chi connectivity index (χ0) is 14.0. The predicted octanol–water partition coefficient (Wildman–Crippen LogP) is 2.09. The van der Waals surface area contributed by atoms with E-state index in [0.717, 1.165) is 19.5 Å². The van der Waals surface area contributed by atoms with E-state index in [1.54, 1.807) is 0 Å². The van der Waals surface area contributed by atoms with Crippen molar-refractivity contribution in [2.45, 2.75) is 45.4 Å². The molecule has 0 saturated carbocycles. The van der Waals surface area contributed by atoms with E-state index >= 15 is 0 Å². The third kappa shape index (κ3) is 3.35. The first-order valence-corrected chi connectivity index (χ1v) is 7.23. The van der Waals surface area contributed by atoms with E-state index in [0.29, 0.717) is 5.92 Å². The molecule has 3 nitrogen and oxygen atoms in total. The van der Waals surface area contributed by atoms with Crippen molar-refractivity contribution in [3.05, 3.63) is 35.4 Å². The molecule has 1 aromatic rings. The minimum absolute atomic E-state index is 0.0873. The third-order valence-corrected chi connectivity index (χ3v) is 4.17. The van der Waals surface area contributed by atoms with Gasteiger partial charge in [0.25, 0.3) is 0 Å². The van der Waals surface area contributed by atoms with Gasteiger partial charge in [-0.1, -0.05) is 36.8 Å². The Morgan fingerprint density at radius 1 is 1.42 bits per heavy atom. The number of piperidine rings is 1. The molecule has 0 aliphatic carbocycles. The number of aliphatic hydroxyl groups is 1. The lowest BCUT2D eigenvalue weighted by Crippen LogP contribution is -2.48. The summed E-state index contributed by atoms with van der Waals surface area (Å²) < 4.78 is 0. The van der Waals surface area contributed by atoms with Gasteiger partial charge in [0.15, 0.2) is 0 Å². The summed E-state index contributed by atoms with van der Waals surface area (Å²) in [4.78, 5) is 2.43. The number of hydrogen-bond donors (Lipinski definition) is 2. The number of benzene rings is 1. The van der Waals surface area contributed by atoms with E-state index < -0.39 is 0 Å². The van der Waals surface area contributed by atoms with Crippen LogP contribution in [0.3, 0.4) is 0 Å². The maximum Gasteiger partial charge on any atom is 0.0590 e. The second kappa shape index (κ2) is 6.04. The molecule has 1 heterocycles. The Hall–Kier alpha value is -0.900. The van der Waals surface area contributed by atoms with Gasteiger partial charge in [0.1, 0.15) is 0 Å². The van der Waals surface area contributed by atoms with Crippen molar-refractivity contribution >= 4 is 0 Å².